The molecule has 0 aromatic heterocycles. The number of carboxylic acids is 1. The van der Waals surface area contributed by atoms with Gasteiger partial charge >= 0.3 is 12.1 Å². The second-order valence-corrected chi connectivity index (χ2v) is 4.44. The van der Waals surface area contributed by atoms with Gasteiger partial charge in [0.1, 0.15) is 5.60 Å². The third kappa shape index (κ3) is 7.09. The van der Waals surface area contributed by atoms with E-state index in [0.717, 1.165) is 0 Å². The highest BCUT2D eigenvalue weighted by Crippen LogP contribution is 2.09. The summed E-state index contributed by atoms with van der Waals surface area (Å²) in [5.41, 5.74) is -0.739. The van der Waals surface area contributed by atoms with E-state index in [1.807, 2.05) is 0 Å². The van der Waals surface area contributed by atoms with Crippen LogP contribution in [0.1, 0.15) is 46.4 Å². The number of hydrogen-bond donors (Lipinski definition) is 2. The standard InChI is InChI=1S/C11H21NO4/c1-7(9(13)14)6-8(2)12-10(15)16-11(3,4)5/h7-8H,6H2,1-5H3,(H,12,15)(H,13,14)/t7-,8+/m0/s1/i1+0D3,6D/t6?,7-,8+. The number of carboxylic acid groups (broad SMARTS) is 1. The van der Waals surface area contributed by atoms with E-state index < -0.39 is 42.9 Å². The monoisotopic (exact) mass is 235 g/mol. The smallest absolute Gasteiger partial charge is 0.407 e. The molecule has 0 spiro atoms. The highest BCUT2D eigenvalue weighted by Gasteiger charge is 2.20. The van der Waals surface area contributed by atoms with Crippen LogP contribution in [0.2, 0.25) is 0 Å². The Morgan fingerprint density at radius 2 is 2.12 bits per heavy atom. The third-order valence-corrected chi connectivity index (χ3v) is 1.49. The Hall–Kier alpha value is -1.26. The average molecular weight is 235 g/mol. The molecule has 5 heteroatoms. The van der Waals surface area contributed by atoms with Gasteiger partial charge in [0.05, 0.1) is 5.92 Å². The van der Waals surface area contributed by atoms with Gasteiger partial charge in [-0.05, 0) is 34.1 Å². The molecule has 0 radical (unpaired) electrons. The van der Waals surface area contributed by atoms with Gasteiger partial charge in [0.15, 0.2) is 0 Å². The number of nitrogens with one attached hydrogen (secondary N) is 1. The van der Waals surface area contributed by atoms with Gasteiger partial charge in [0.2, 0.25) is 0 Å². The Morgan fingerprint density at radius 1 is 1.56 bits per heavy atom. The van der Waals surface area contributed by atoms with E-state index in [1.54, 1.807) is 20.8 Å². The lowest BCUT2D eigenvalue weighted by Gasteiger charge is -2.22. The van der Waals surface area contributed by atoms with Crippen molar-refractivity contribution in [2.24, 2.45) is 5.92 Å². The number of carbonyl (C=O) groups is 2. The molecule has 0 bridgehead atoms. The lowest BCUT2D eigenvalue weighted by Crippen LogP contribution is -2.38. The SMILES string of the molecule is [2H]C([C@@H](C(=O)O)[12C]([2H])([2H])[2H])[C@@H](C)NC(=O)OC(C)(C)C. The lowest BCUT2D eigenvalue weighted by molar-refractivity contribution is -0.141. The molecule has 1 amide bonds. The van der Waals surface area contributed by atoms with Crippen LogP contribution in [0.4, 0.5) is 4.79 Å². The van der Waals surface area contributed by atoms with E-state index in [9.17, 15) is 9.59 Å². The van der Waals surface area contributed by atoms with Crippen molar-refractivity contribution in [3.05, 3.63) is 0 Å². The second-order valence-electron chi connectivity index (χ2n) is 4.44. The number of rotatable bonds is 4. The largest absolute Gasteiger partial charge is 0.481 e. The molecule has 2 N–H and O–H groups in total. The number of aliphatic carboxylic acids is 1. The zero-order valence-electron chi connectivity index (χ0n) is 13.9. The minimum absolute atomic E-state index is 0.739. The van der Waals surface area contributed by atoms with Gasteiger partial charge < -0.3 is 15.2 Å². The summed E-state index contributed by atoms with van der Waals surface area (Å²) in [7, 11) is 0. The summed E-state index contributed by atoms with van der Waals surface area (Å²) < 4.78 is 34.2. The Labute approximate surface area is 102 Å². The molecule has 0 aliphatic carbocycles. The van der Waals surface area contributed by atoms with E-state index in [4.69, 9.17) is 15.3 Å². The molecule has 0 saturated heterocycles. The van der Waals surface area contributed by atoms with Crippen molar-refractivity contribution in [3.8, 4) is 0 Å². The molecule has 1 unspecified atom stereocenters. The summed E-state index contributed by atoms with van der Waals surface area (Å²) in [6.07, 6.45) is -2.34. The molecule has 94 valence electrons. The van der Waals surface area contributed by atoms with Crippen LogP contribution >= 0.6 is 0 Å². The van der Waals surface area contributed by atoms with Crippen molar-refractivity contribution < 1.29 is 24.9 Å². The minimum atomic E-state index is -2.82. The molecule has 16 heavy (non-hydrogen) atoms. The molecule has 0 aliphatic heterocycles. The molecule has 3 atom stereocenters. The highest BCUT2D eigenvalue weighted by atomic mass is 16.6. The maximum Gasteiger partial charge on any atom is 0.407 e. The first-order chi connectivity index (χ1) is 8.75. The molecule has 0 aromatic rings. The molecule has 5 nitrogen and oxygen atoms in total. The van der Waals surface area contributed by atoms with Crippen LogP contribution in [0.15, 0.2) is 0 Å². The predicted octanol–water partition coefficient (Wildman–Crippen LogP) is 2.01. The average Bonchev–Trinajstić information content (AvgIpc) is 2.10. The fourth-order valence-corrected chi connectivity index (χ4v) is 0.913. The Kier molecular flexibility index (Phi) is 3.16. The highest BCUT2D eigenvalue weighted by molar-refractivity contribution is 5.70. The van der Waals surface area contributed by atoms with Gasteiger partial charge in [-0.3, -0.25) is 4.79 Å². The lowest BCUT2D eigenvalue weighted by atomic mass is 10.0. The summed E-state index contributed by atoms with van der Waals surface area (Å²) in [6.45, 7) is 3.50. The van der Waals surface area contributed by atoms with Crippen LogP contribution in [0.25, 0.3) is 0 Å². The van der Waals surface area contributed by atoms with E-state index >= 15 is 0 Å². The van der Waals surface area contributed by atoms with Crippen LogP contribution in [0, 0.1) is 5.92 Å². The van der Waals surface area contributed by atoms with Crippen LogP contribution in [-0.2, 0) is 9.53 Å². The maximum atomic E-state index is 11.5. The van der Waals surface area contributed by atoms with Crippen LogP contribution in [-0.4, -0.2) is 28.8 Å². The number of ether oxygens (including phenoxy) is 1. The summed E-state index contributed by atoms with van der Waals surface area (Å²) in [4.78, 5) is 22.5. The first-order valence-corrected chi connectivity index (χ1v) is 4.90. The van der Waals surface area contributed by atoms with E-state index in [2.05, 4.69) is 5.32 Å². The van der Waals surface area contributed by atoms with Gasteiger partial charge in [-0.25, -0.2) is 4.79 Å². The van der Waals surface area contributed by atoms with Crippen LogP contribution < -0.4 is 5.32 Å². The second kappa shape index (κ2) is 5.72. The molecular weight excluding hydrogens is 210 g/mol. The van der Waals surface area contributed by atoms with Crippen molar-refractivity contribution in [2.75, 3.05) is 0 Å². The number of carbonyl (C=O) groups excluding carboxylic acids is 1. The van der Waals surface area contributed by atoms with Crippen molar-refractivity contribution in [2.45, 2.75) is 52.6 Å². The summed E-state index contributed by atoms with van der Waals surface area (Å²) >= 11 is 0. The normalized spacial score (nSPS) is 21.5. The zero-order chi connectivity index (χ0) is 16.3. The summed E-state index contributed by atoms with van der Waals surface area (Å²) in [6, 6.07) is -0.980. The molecule has 0 heterocycles. The van der Waals surface area contributed by atoms with Gasteiger partial charge in [-0.2, -0.15) is 0 Å². The molecule has 0 fully saturated rings. The molecule has 0 saturated carbocycles. The minimum Gasteiger partial charge on any atom is -0.481 e. The van der Waals surface area contributed by atoms with Crippen LogP contribution in [0.5, 0.6) is 0 Å². The van der Waals surface area contributed by atoms with Gasteiger partial charge in [-0.1, -0.05) is 6.85 Å². The quantitative estimate of drug-likeness (QED) is 0.781. The zero-order valence-corrected chi connectivity index (χ0v) is 9.90. The Morgan fingerprint density at radius 3 is 2.50 bits per heavy atom. The summed E-state index contributed by atoms with van der Waals surface area (Å²) in [5, 5.41) is 11.2. The van der Waals surface area contributed by atoms with Crippen molar-refractivity contribution >= 4 is 12.1 Å². The molecular formula is C11H21NO4. The fraction of sp³-hybridized carbons (Fsp3) is 0.818. The Balaban J connectivity index is 4.80. The van der Waals surface area contributed by atoms with Gasteiger partial charge in [0, 0.05) is 11.5 Å². The number of alkyl carbamates (subject to hydrolysis) is 1. The van der Waals surface area contributed by atoms with Crippen molar-refractivity contribution in [1.82, 2.24) is 5.32 Å². The van der Waals surface area contributed by atoms with Crippen molar-refractivity contribution in [1.29, 1.82) is 0 Å². The van der Waals surface area contributed by atoms with E-state index in [1.165, 1.54) is 6.92 Å². The molecule has 0 rings (SSSR count). The first kappa shape index (κ1) is 8.84. The maximum absolute atomic E-state index is 11.5. The van der Waals surface area contributed by atoms with Crippen LogP contribution in [0.3, 0.4) is 0 Å². The topological polar surface area (TPSA) is 75.6 Å². The van der Waals surface area contributed by atoms with E-state index in [-0.39, 0.29) is 0 Å². The molecule has 0 aliphatic rings. The summed E-state index contributed by atoms with van der Waals surface area (Å²) in [5.74, 6) is -3.48. The van der Waals surface area contributed by atoms with E-state index in [0.29, 0.717) is 0 Å². The Bertz CT molecular complexity index is 364. The number of amides is 1. The van der Waals surface area contributed by atoms with Gasteiger partial charge in [0.25, 0.3) is 0 Å². The molecule has 0 aromatic carbocycles. The third-order valence-electron chi connectivity index (χ3n) is 1.49. The fourth-order valence-electron chi connectivity index (χ4n) is 0.913. The predicted molar refractivity (Wildman–Crippen MR) is 60.2 cm³/mol. The van der Waals surface area contributed by atoms with Crippen molar-refractivity contribution in [3.63, 3.8) is 0 Å². The van der Waals surface area contributed by atoms with Gasteiger partial charge in [-0.15, -0.1) is 0 Å². The number of hydrogen-bond acceptors (Lipinski definition) is 3. The first-order valence-electron chi connectivity index (χ1n) is 6.98.